The van der Waals surface area contributed by atoms with Crippen molar-refractivity contribution in [1.29, 1.82) is 0 Å². The second-order valence-electron chi connectivity index (χ2n) is 4.83. The second kappa shape index (κ2) is 4.84. The van der Waals surface area contributed by atoms with E-state index in [-0.39, 0.29) is 11.9 Å². The Labute approximate surface area is 111 Å². The number of hydrogen-bond acceptors (Lipinski definition) is 4. The zero-order chi connectivity index (χ0) is 14.2. The zero-order valence-electron chi connectivity index (χ0n) is 11.4. The summed E-state index contributed by atoms with van der Waals surface area (Å²) in [6.45, 7) is 3.87. The topological polar surface area (TPSA) is 62.9 Å². The van der Waals surface area contributed by atoms with E-state index in [1.54, 1.807) is 6.07 Å². The van der Waals surface area contributed by atoms with Crippen LogP contribution in [0.25, 0.3) is 11.0 Å². The molecule has 19 heavy (non-hydrogen) atoms. The van der Waals surface area contributed by atoms with Gasteiger partial charge in [-0.25, -0.2) is 4.79 Å². The van der Waals surface area contributed by atoms with E-state index in [0.717, 1.165) is 11.1 Å². The Morgan fingerprint density at radius 1 is 1.32 bits per heavy atom. The van der Waals surface area contributed by atoms with Crippen molar-refractivity contribution in [3.05, 3.63) is 24.0 Å². The smallest absolute Gasteiger partial charge is 0.371 e. The minimum Gasteiger partial charge on any atom is -0.491 e. The lowest BCUT2D eigenvalue weighted by atomic mass is 10.2. The standard InChI is InChI=1S/C14H17NO4/c1-8(2)18-9-5-11(15(3)4)10-7-13(14(16)17)19-12(10)6-9/h5-8H,1-4H3,(H,16,17). The highest BCUT2D eigenvalue weighted by Crippen LogP contribution is 2.33. The Morgan fingerprint density at radius 3 is 2.53 bits per heavy atom. The first-order valence-electron chi connectivity index (χ1n) is 6.03. The van der Waals surface area contributed by atoms with E-state index in [9.17, 15) is 4.79 Å². The molecule has 0 amide bonds. The molecule has 0 saturated carbocycles. The maximum atomic E-state index is 11.0. The van der Waals surface area contributed by atoms with Crippen molar-refractivity contribution in [2.75, 3.05) is 19.0 Å². The SMILES string of the molecule is CC(C)Oc1cc(N(C)C)c2cc(C(=O)O)oc2c1. The van der Waals surface area contributed by atoms with Crippen molar-refractivity contribution in [3.8, 4) is 5.75 Å². The summed E-state index contributed by atoms with van der Waals surface area (Å²) in [6.07, 6.45) is 0.0429. The van der Waals surface area contributed by atoms with Crippen LogP contribution in [0.3, 0.4) is 0 Å². The van der Waals surface area contributed by atoms with Gasteiger partial charge in [0.15, 0.2) is 0 Å². The lowest BCUT2D eigenvalue weighted by molar-refractivity contribution is 0.0665. The first-order chi connectivity index (χ1) is 8.88. The van der Waals surface area contributed by atoms with Gasteiger partial charge in [0.25, 0.3) is 0 Å². The number of fused-ring (bicyclic) bond motifs is 1. The van der Waals surface area contributed by atoms with Gasteiger partial charge in [0.05, 0.1) is 11.8 Å². The van der Waals surface area contributed by atoms with Gasteiger partial charge in [0.2, 0.25) is 5.76 Å². The van der Waals surface area contributed by atoms with Gasteiger partial charge >= 0.3 is 5.97 Å². The molecular weight excluding hydrogens is 246 g/mol. The van der Waals surface area contributed by atoms with Crippen molar-refractivity contribution in [3.63, 3.8) is 0 Å². The van der Waals surface area contributed by atoms with Crippen molar-refractivity contribution < 1.29 is 19.1 Å². The van der Waals surface area contributed by atoms with Gasteiger partial charge in [0, 0.05) is 37.7 Å². The van der Waals surface area contributed by atoms with Crippen LogP contribution in [-0.2, 0) is 0 Å². The van der Waals surface area contributed by atoms with Gasteiger partial charge in [-0.1, -0.05) is 0 Å². The number of carboxylic acids is 1. The molecule has 1 heterocycles. The molecule has 0 atom stereocenters. The third-order valence-corrected chi connectivity index (χ3v) is 2.65. The van der Waals surface area contributed by atoms with Crippen LogP contribution in [0.15, 0.2) is 22.6 Å². The van der Waals surface area contributed by atoms with E-state index in [4.69, 9.17) is 14.3 Å². The van der Waals surface area contributed by atoms with Gasteiger partial charge in [-0.15, -0.1) is 0 Å². The average molecular weight is 263 g/mol. The number of ether oxygens (including phenoxy) is 1. The third kappa shape index (κ3) is 2.65. The molecule has 0 aliphatic heterocycles. The van der Waals surface area contributed by atoms with Crippen LogP contribution >= 0.6 is 0 Å². The maximum absolute atomic E-state index is 11.0. The first-order valence-corrected chi connectivity index (χ1v) is 6.03. The Balaban J connectivity index is 2.61. The Bertz CT molecular complexity index is 613. The van der Waals surface area contributed by atoms with Crippen LogP contribution in [0.2, 0.25) is 0 Å². The second-order valence-corrected chi connectivity index (χ2v) is 4.83. The summed E-state index contributed by atoms with van der Waals surface area (Å²) in [7, 11) is 3.78. The summed E-state index contributed by atoms with van der Waals surface area (Å²) in [5.41, 5.74) is 1.38. The molecule has 1 N–H and O–H groups in total. The molecule has 0 bridgehead atoms. The minimum atomic E-state index is -1.08. The fourth-order valence-corrected chi connectivity index (χ4v) is 1.91. The third-order valence-electron chi connectivity index (χ3n) is 2.65. The Kier molecular flexibility index (Phi) is 3.38. The van der Waals surface area contributed by atoms with Crippen LogP contribution < -0.4 is 9.64 Å². The quantitative estimate of drug-likeness (QED) is 0.918. The van der Waals surface area contributed by atoms with Gasteiger partial charge in [-0.3, -0.25) is 0 Å². The lowest BCUT2D eigenvalue weighted by Crippen LogP contribution is -2.10. The molecule has 102 valence electrons. The van der Waals surface area contributed by atoms with E-state index in [1.165, 1.54) is 6.07 Å². The molecule has 0 spiro atoms. The van der Waals surface area contributed by atoms with E-state index >= 15 is 0 Å². The number of aromatic carboxylic acids is 1. The van der Waals surface area contributed by atoms with Gasteiger partial charge in [-0.05, 0) is 13.8 Å². The van der Waals surface area contributed by atoms with Crippen molar-refractivity contribution in [2.24, 2.45) is 0 Å². The predicted molar refractivity (Wildman–Crippen MR) is 73.3 cm³/mol. The highest BCUT2D eigenvalue weighted by atomic mass is 16.5. The summed E-state index contributed by atoms with van der Waals surface area (Å²) in [5.74, 6) is -0.482. The molecule has 1 aromatic heterocycles. The van der Waals surface area contributed by atoms with Gasteiger partial charge < -0.3 is 19.2 Å². The molecule has 2 aromatic rings. The average Bonchev–Trinajstić information content (AvgIpc) is 2.70. The van der Waals surface area contributed by atoms with Crippen LogP contribution in [0.5, 0.6) is 5.75 Å². The van der Waals surface area contributed by atoms with Crippen LogP contribution in [0.4, 0.5) is 5.69 Å². The minimum absolute atomic E-state index is 0.0429. The van der Waals surface area contributed by atoms with E-state index < -0.39 is 5.97 Å². The number of benzene rings is 1. The molecule has 0 aliphatic carbocycles. The highest BCUT2D eigenvalue weighted by Gasteiger charge is 2.16. The summed E-state index contributed by atoms with van der Waals surface area (Å²) in [4.78, 5) is 12.9. The lowest BCUT2D eigenvalue weighted by Gasteiger charge is -2.16. The van der Waals surface area contributed by atoms with Gasteiger partial charge in [-0.2, -0.15) is 0 Å². The summed E-state index contributed by atoms with van der Waals surface area (Å²) >= 11 is 0. The van der Waals surface area contributed by atoms with Gasteiger partial charge in [0.1, 0.15) is 11.3 Å². The van der Waals surface area contributed by atoms with Crippen molar-refractivity contribution in [1.82, 2.24) is 0 Å². The molecule has 0 radical (unpaired) electrons. The number of anilines is 1. The Hall–Kier alpha value is -2.17. The normalized spacial score (nSPS) is 11.0. The highest BCUT2D eigenvalue weighted by molar-refractivity contribution is 5.98. The number of carboxylic acid groups (broad SMARTS) is 1. The summed E-state index contributed by atoms with van der Waals surface area (Å²) in [6, 6.07) is 5.13. The molecule has 5 nitrogen and oxygen atoms in total. The zero-order valence-corrected chi connectivity index (χ0v) is 11.4. The largest absolute Gasteiger partial charge is 0.491 e. The number of nitrogens with zero attached hydrogens (tertiary/aromatic N) is 1. The van der Waals surface area contributed by atoms with Crippen LogP contribution in [0.1, 0.15) is 24.4 Å². The van der Waals surface area contributed by atoms with Crippen molar-refractivity contribution in [2.45, 2.75) is 20.0 Å². The monoisotopic (exact) mass is 263 g/mol. The maximum Gasteiger partial charge on any atom is 0.371 e. The number of carbonyl (C=O) groups is 1. The molecular formula is C14H17NO4. The molecule has 2 rings (SSSR count). The molecule has 5 heteroatoms. The van der Waals surface area contributed by atoms with E-state index in [1.807, 2.05) is 38.9 Å². The van der Waals surface area contributed by atoms with Crippen LogP contribution in [0, 0.1) is 0 Å². The van der Waals surface area contributed by atoms with E-state index in [0.29, 0.717) is 11.3 Å². The fraction of sp³-hybridized carbons (Fsp3) is 0.357. The molecule has 0 aliphatic rings. The molecule has 0 unspecified atom stereocenters. The molecule has 0 saturated heterocycles. The van der Waals surface area contributed by atoms with Crippen molar-refractivity contribution >= 4 is 22.6 Å². The predicted octanol–water partition coefficient (Wildman–Crippen LogP) is 2.98. The summed E-state index contributed by atoms with van der Waals surface area (Å²) in [5, 5.41) is 9.75. The number of hydrogen-bond donors (Lipinski definition) is 1. The molecule has 1 aromatic carbocycles. The Morgan fingerprint density at radius 2 is 2.00 bits per heavy atom. The summed E-state index contributed by atoms with van der Waals surface area (Å²) < 4.78 is 11.0. The molecule has 0 fully saturated rings. The fourth-order valence-electron chi connectivity index (χ4n) is 1.91. The first kappa shape index (κ1) is 13.3. The number of rotatable bonds is 4. The van der Waals surface area contributed by atoms with Crippen LogP contribution in [-0.4, -0.2) is 31.3 Å². The van der Waals surface area contributed by atoms with E-state index in [2.05, 4.69) is 0 Å². The number of furan rings is 1.